The summed E-state index contributed by atoms with van der Waals surface area (Å²) in [6.07, 6.45) is 2.07. The lowest BCUT2D eigenvalue weighted by molar-refractivity contribution is 0.0953. The lowest BCUT2D eigenvalue weighted by Crippen LogP contribution is -2.24. The number of nitrogens with zero attached hydrogens (tertiary/aromatic N) is 1. The molecule has 4 heteroatoms. The SMILES string of the molecule is CCCCNC(=O)c1ccc2c(c1)N=C(C)c1c(C)ccc(C)c1S2. The third-order valence-electron chi connectivity index (χ3n) is 4.46. The monoisotopic (exact) mass is 352 g/mol. The van der Waals surface area contributed by atoms with E-state index in [-0.39, 0.29) is 5.91 Å². The van der Waals surface area contributed by atoms with Gasteiger partial charge in [-0.3, -0.25) is 9.79 Å². The predicted molar refractivity (Wildman–Crippen MR) is 106 cm³/mol. The number of aryl methyl sites for hydroxylation is 2. The Morgan fingerprint density at radius 3 is 2.64 bits per heavy atom. The third kappa shape index (κ3) is 3.64. The maximum atomic E-state index is 12.3. The Morgan fingerprint density at radius 1 is 1.12 bits per heavy atom. The van der Waals surface area contributed by atoms with Crippen molar-refractivity contribution in [3.05, 3.63) is 52.6 Å². The number of aliphatic imine (C=N–C) groups is 1. The summed E-state index contributed by atoms with van der Waals surface area (Å²) in [7, 11) is 0. The minimum atomic E-state index is -0.0248. The first kappa shape index (κ1) is 17.7. The number of amides is 1. The second kappa shape index (κ2) is 7.44. The van der Waals surface area contributed by atoms with Gasteiger partial charge >= 0.3 is 0 Å². The van der Waals surface area contributed by atoms with E-state index in [1.54, 1.807) is 11.8 Å². The summed E-state index contributed by atoms with van der Waals surface area (Å²) in [5.74, 6) is -0.0248. The zero-order chi connectivity index (χ0) is 18.0. The van der Waals surface area contributed by atoms with Crippen molar-refractivity contribution in [3.8, 4) is 0 Å². The average Bonchev–Trinajstić information content (AvgIpc) is 2.74. The summed E-state index contributed by atoms with van der Waals surface area (Å²) in [4.78, 5) is 19.5. The lowest BCUT2D eigenvalue weighted by atomic mass is 10.0. The molecule has 0 fully saturated rings. The largest absolute Gasteiger partial charge is 0.352 e. The first-order chi connectivity index (χ1) is 12.0. The maximum Gasteiger partial charge on any atom is 0.251 e. The summed E-state index contributed by atoms with van der Waals surface area (Å²) in [6.45, 7) is 9.15. The molecule has 1 aliphatic rings. The van der Waals surface area contributed by atoms with Gasteiger partial charge in [-0.25, -0.2) is 0 Å². The Bertz CT molecular complexity index is 855. The Morgan fingerprint density at radius 2 is 1.88 bits per heavy atom. The molecule has 0 radical (unpaired) electrons. The molecule has 1 amide bonds. The van der Waals surface area contributed by atoms with E-state index in [4.69, 9.17) is 4.99 Å². The molecule has 0 saturated carbocycles. The van der Waals surface area contributed by atoms with Crippen molar-refractivity contribution in [2.75, 3.05) is 6.54 Å². The molecule has 0 unspecified atom stereocenters. The summed E-state index contributed by atoms with van der Waals surface area (Å²) in [5.41, 5.74) is 6.27. The maximum absolute atomic E-state index is 12.3. The van der Waals surface area contributed by atoms with Crippen LogP contribution in [0.5, 0.6) is 0 Å². The van der Waals surface area contributed by atoms with Gasteiger partial charge in [0, 0.05) is 33.2 Å². The van der Waals surface area contributed by atoms with Gasteiger partial charge in [-0.2, -0.15) is 0 Å². The van der Waals surface area contributed by atoms with Crippen molar-refractivity contribution < 1.29 is 4.79 Å². The highest BCUT2D eigenvalue weighted by Gasteiger charge is 2.19. The van der Waals surface area contributed by atoms with E-state index in [1.807, 2.05) is 18.2 Å². The Labute approximate surface area is 153 Å². The molecule has 0 spiro atoms. The molecule has 0 aromatic heterocycles. The average molecular weight is 353 g/mol. The standard InChI is InChI=1S/C21H24N2OS/c1-5-6-11-22-21(24)16-9-10-18-17(12-16)23-15(4)19-13(2)7-8-14(3)20(19)25-18/h7-10,12H,5-6,11H2,1-4H3,(H,22,24). The number of nitrogens with one attached hydrogen (secondary N) is 1. The van der Waals surface area contributed by atoms with Crippen LogP contribution in [0.1, 0.15) is 53.7 Å². The van der Waals surface area contributed by atoms with Gasteiger partial charge in [0.2, 0.25) is 0 Å². The van der Waals surface area contributed by atoms with Gasteiger partial charge in [-0.15, -0.1) is 0 Å². The highest BCUT2D eigenvalue weighted by atomic mass is 32.2. The molecule has 1 heterocycles. The molecule has 0 aliphatic carbocycles. The van der Waals surface area contributed by atoms with Crippen molar-refractivity contribution in [2.24, 2.45) is 4.99 Å². The van der Waals surface area contributed by atoms with Gasteiger partial charge in [0.15, 0.2) is 0 Å². The predicted octanol–water partition coefficient (Wildman–Crippen LogP) is 5.44. The highest BCUT2D eigenvalue weighted by Crippen LogP contribution is 2.43. The van der Waals surface area contributed by atoms with Crippen molar-refractivity contribution in [3.63, 3.8) is 0 Å². The van der Waals surface area contributed by atoms with Crippen LogP contribution in [0.25, 0.3) is 0 Å². The van der Waals surface area contributed by atoms with Crippen molar-refractivity contribution >= 4 is 29.1 Å². The van der Waals surface area contributed by atoms with Crippen molar-refractivity contribution in [2.45, 2.75) is 50.3 Å². The summed E-state index contributed by atoms with van der Waals surface area (Å²) < 4.78 is 0. The van der Waals surface area contributed by atoms with Crippen LogP contribution < -0.4 is 5.32 Å². The second-order valence-corrected chi connectivity index (χ2v) is 7.55. The van der Waals surface area contributed by atoms with E-state index >= 15 is 0 Å². The number of hydrogen-bond acceptors (Lipinski definition) is 3. The molecule has 0 atom stereocenters. The number of hydrogen-bond donors (Lipinski definition) is 1. The van der Waals surface area contributed by atoms with E-state index in [1.165, 1.54) is 21.6 Å². The quantitative estimate of drug-likeness (QED) is 0.745. The molecule has 1 aliphatic heterocycles. The molecular formula is C21H24N2OS. The van der Waals surface area contributed by atoms with Crippen LogP contribution in [0, 0.1) is 13.8 Å². The molecule has 0 saturated heterocycles. The van der Waals surface area contributed by atoms with Crippen LogP contribution in [-0.4, -0.2) is 18.2 Å². The lowest BCUT2D eigenvalue weighted by Gasteiger charge is -2.12. The topological polar surface area (TPSA) is 41.5 Å². The van der Waals surface area contributed by atoms with Gasteiger partial charge in [0.25, 0.3) is 5.91 Å². The first-order valence-electron chi connectivity index (χ1n) is 8.77. The van der Waals surface area contributed by atoms with Crippen LogP contribution in [0.2, 0.25) is 0 Å². The fraction of sp³-hybridized carbons (Fsp3) is 0.333. The first-order valence-corrected chi connectivity index (χ1v) is 9.59. The molecule has 0 bridgehead atoms. The highest BCUT2D eigenvalue weighted by molar-refractivity contribution is 7.99. The number of benzene rings is 2. The molecule has 3 rings (SSSR count). The van der Waals surface area contributed by atoms with Crippen LogP contribution in [-0.2, 0) is 0 Å². The minimum absolute atomic E-state index is 0.0248. The number of rotatable bonds is 4. The summed E-state index contributed by atoms with van der Waals surface area (Å²) >= 11 is 1.74. The van der Waals surface area contributed by atoms with Crippen molar-refractivity contribution in [1.82, 2.24) is 5.32 Å². The number of fused-ring (bicyclic) bond motifs is 2. The van der Waals surface area contributed by atoms with E-state index in [9.17, 15) is 4.79 Å². The molecule has 1 N–H and O–H groups in total. The van der Waals surface area contributed by atoms with E-state index < -0.39 is 0 Å². The number of carbonyl (C=O) groups is 1. The van der Waals surface area contributed by atoms with E-state index in [2.05, 4.69) is 45.1 Å². The molecule has 3 nitrogen and oxygen atoms in total. The van der Waals surface area contributed by atoms with Crippen molar-refractivity contribution in [1.29, 1.82) is 0 Å². The Balaban J connectivity index is 1.98. The molecule has 25 heavy (non-hydrogen) atoms. The van der Waals surface area contributed by atoms with Crippen LogP contribution >= 0.6 is 11.8 Å². The van der Waals surface area contributed by atoms with Gasteiger partial charge in [0.1, 0.15) is 0 Å². The zero-order valence-electron chi connectivity index (χ0n) is 15.3. The summed E-state index contributed by atoms with van der Waals surface area (Å²) in [6, 6.07) is 10.1. The second-order valence-electron chi connectivity index (χ2n) is 6.49. The third-order valence-corrected chi connectivity index (χ3v) is 5.76. The zero-order valence-corrected chi connectivity index (χ0v) is 16.1. The fourth-order valence-corrected chi connectivity index (χ4v) is 4.23. The summed E-state index contributed by atoms with van der Waals surface area (Å²) in [5, 5.41) is 2.97. The number of carbonyl (C=O) groups excluding carboxylic acids is 1. The van der Waals surface area contributed by atoms with Crippen LogP contribution in [0.4, 0.5) is 5.69 Å². The van der Waals surface area contributed by atoms with Gasteiger partial charge in [0.05, 0.1) is 5.69 Å². The van der Waals surface area contributed by atoms with E-state index in [0.717, 1.165) is 29.1 Å². The van der Waals surface area contributed by atoms with Gasteiger partial charge < -0.3 is 5.32 Å². The number of unbranched alkanes of at least 4 members (excludes halogenated alkanes) is 1. The normalized spacial score (nSPS) is 12.7. The Hall–Kier alpha value is -2.07. The Kier molecular flexibility index (Phi) is 5.28. The van der Waals surface area contributed by atoms with Gasteiger partial charge in [-0.05, 0) is 56.5 Å². The molecular weight excluding hydrogens is 328 g/mol. The molecule has 130 valence electrons. The fourth-order valence-electron chi connectivity index (χ4n) is 3.03. The molecule has 2 aromatic rings. The van der Waals surface area contributed by atoms with E-state index in [0.29, 0.717) is 12.1 Å². The van der Waals surface area contributed by atoms with Crippen LogP contribution in [0.15, 0.2) is 45.1 Å². The minimum Gasteiger partial charge on any atom is -0.352 e. The molecule has 2 aromatic carbocycles. The smallest absolute Gasteiger partial charge is 0.251 e. The van der Waals surface area contributed by atoms with Crippen LogP contribution in [0.3, 0.4) is 0 Å². The van der Waals surface area contributed by atoms with Gasteiger partial charge in [-0.1, -0.05) is 37.2 Å².